The number of rotatable bonds is 5. The highest BCUT2D eigenvalue weighted by atomic mass is 16.6. The molecule has 0 spiro atoms. The maximum Gasteiger partial charge on any atom is 0.341 e. The van der Waals surface area contributed by atoms with Crippen LogP contribution in [0.2, 0.25) is 0 Å². The third kappa shape index (κ3) is 3.16. The largest absolute Gasteiger partial charge is 0.477 e. The summed E-state index contributed by atoms with van der Waals surface area (Å²) in [6, 6.07) is 0.941. The molecule has 7 heteroatoms. The van der Waals surface area contributed by atoms with Gasteiger partial charge in [-0.1, -0.05) is 6.92 Å². The fourth-order valence-corrected chi connectivity index (χ4v) is 1.11. The van der Waals surface area contributed by atoms with E-state index in [1.54, 1.807) is 13.8 Å². The first-order chi connectivity index (χ1) is 8.26. The average Bonchev–Trinajstić information content (AvgIpc) is 2.28. The second kappa shape index (κ2) is 4.99. The normalized spacial score (nSPS) is 11.1. The molecular weight excluding hydrogens is 240 g/mol. The van der Waals surface area contributed by atoms with Gasteiger partial charge in [-0.25, -0.2) is 9.78 Å². The predicted octanol–water partition coefficient (Wildman–Crippen LogP) is 2.26. The lowest BCUT2D eigenvalue weighted by Gasteiger charge is -2.24. The van der Waals surface area contributed by atoms with Crippen molar-refractivity contribution < 1.29 is 19.6 Å². The van der Waals surface area contributed by atoms with E-state index in [1.165, 1.54) is 0 Å². The third-order valence-electron chi connectivity index (χ3n) is 2.50. The number of hydrogen-bond donors (Lipinski definition) is 1. The molecule has 0 aliphatic carbocycles. The lowest BCUT2D eigenvalue weighted by atomic mass is 10.1. The smallest absolute Gasteiger partial charge is 0.341 e. The van der Waals surface area contributed by atoms with Gasteiger partial charge in [-0.2, -0.15) is 0 Å². The number of carboxylic acid groups (broad SMARTS) is 1. The van der Waals surface area contributed by atoms with Gasteiger partial charge in [-0.3, -0.25) is 10.1 Å². The zero-order valence-corrected chi connectivity index (χ0v) is 10.3. The molecule has 18 heavy (non-hydrogen) atoms. The summed E-state index contributed by atoms with van der Waals surface area (Å²) in [6.07, 6.45) is 1.62. The molecule has 0 bridgehead atoms. The van der Waals surface area contributed by atoms with E-state index in [1.807, 2.05) is 6.92 Å². The standard InChI is InChI=1S/C11H14N2O5/c1-4-11(2,3)18-9-8(10(14)15)5-7(6-12-9)13(16)17/h5-6H,4H2,1-3H3,(H,14,15). The first-order valence-electron chi connectivity index (χ1n) is 5.33. The summed E-state index contributed by atoms with van der Waals surface area (Å²) in [4.78, 5) is 24.6. The molecule has 0 atom stereocenters. The van der Waals surface area contributed by atoms with E-state index < -0.39 is 16.5 Å². The van der Waals surface area contributed by atoms with Crippen LogP contribution >= 0.6 is 0 Å². The van der Waals surface area contributed by atoms with Crippen molar-refractivity contribution >= 4 is 11.7 Å². The zero-order chi connectivity index (χ0) is 13.9. The molecule has 0 saturated carbocycles. The number of carbonyl (C=O) groups is 1. The van der Waals surface area contributed by atoms with Gasteiger partial charge in [0.2, 0.25) is 5.88 Å². The Bertz CT molecular complexity index is 484. The summed E-state index contributed by atoms with van der Waals surface area (Å²) in [7, 11) is 0. The van der Waals surface area contributed by atoms with Crippen LogP contribution < -0.4 is 4.74 Å². The zero-order valence-electron chi connectivity index (χ0n) is 10.3. The fraction of sp³-hybridized carbons (Fsp3) is 0.455. The highest BCUT2D eigenvalue weighted by Gasteiger charge is 2.24. The molecule has 0 fully saturated rings. The molecule has 1 aromatic heterocycles. The Kier molecular flexibility index (Phi) is 3.85. The summed E-state index contributed by atoms with van der Waals surface area (Å²) in [5.41, 5.74) is -1.28. The number of pyridine rings is 1. The SMILES string of the molecule is CCC(C)(C)Oc1ncc([N+](=O)[O-])cc1C(=O)O. The number of nitro groups is 1. The van der Waals surface area contributed by atoms with Crippen molar-refractivity contribution in [1.29, 1.82) is 0 Å². The van der Waals surface area contributed by atoms with Crippen molar-refractivity contribution in [1.82, 2.24) is 4.98 Å². The maximum atomic E-state index is 11.0. The second-order valence-corrected chi connectivity index (χ2v) is 4.32. The van der Waals surface area contributed by atoms with E-state index >= 15 is 0 Å². The molecule has 0 unspecified atom stereocenters. The van der Waals surface area contributed by atoms with Gasteiger partial charge in [-0.05, 0) is 20.3 Å². The molecular formula is C11H14N2O5. The highest BCUT2D eigenvalue weighted by molar-refractivity contribution is 5.90. The van der Waals surface area contributed by atoms with Crippen LogP contribution in [0.3, 0.4) is 0 Å². The van der Waals surface area contributed by atoms with Gasteiger partial charge in [0.25, 0.3) is 5.69 Å². The molecule has 0 aliphatic heterocycles. The summed E-state index contributed by atoms with van der Waals surface area (Å²) in [5.74, 6) is -1.42. The van der Waals surface area contributed by atoms with E-state index in [0.717, 1.165) is 12.3 Å². The Hall–Kier alpha value is -2.18. The van der Waals surface area contributed by atoms with Crippen molar-refractivity contribution in [2.45, 2.75) is 32.8 Å². The molecule has 0 saturated heterocycles. The Labute approximate surface area is 104 Å². The molecule has 98 valence electrons. The van der Waals surface area contributed by atoms with Crippen LogP contribution in [0.15, 0.2) is 12.3 Å². The Morgan fingerprint density at radius 3 is 2.67 bits per heavy atom. The quantitative estimate of drug-likeness (QED) is 0.638. The van der Waals surface area contributed by atoms with E-state index in [2.05, 4.69) is 4.98 Å². The monoisotopic (exact) mass is 254 g/mol. The van der Waals surface area contributed by atoms with Gasteiger partial charge in [0, 0.05) is 6.07 Å². The van der Waals surface area contributed by atoms with Gasteiger partial charge >= 0.3 is 5.97 Å². The minimum Gasteiger partial charge on any atom is -0.477 e. The minimum atomic E-state index is -1.31. The molecule has 0 aromatic carbocycles. The lowest BCUT2D eigenvalue weighted by Crippen LogP contribution is -2.28. The van der Waals surface area contributed by atoms with Crippen LogP contribution in [0.1, 0.15) is 37.6 Å². The number of nitrogens with zero attached hydrogens (tertiary/aromatic N) is 2. The highest BCUT2D eigenvalue weighted by Crippen LogP contribution is 2.25. The lowest BCUT2D eigenvalue weighted by molar-refractivity contribution is -0.385. The topological polar surface area (TPSA) is 103 Å². The van der Waals surface area contributed by atoms with Crippen LogP contribution in [0, 0.1) is 10.1 Å². The van der Waals surface area contributed by atoms with Crippen molar-refractivity contribution in [3.8, 4) is 5.88 Å². The molecule has 7 nitrogen and oxygen atoms in total. The number of aromatic nitrogens is 1. The first-order valence-corrected chi connectivity index (χ1v) is 5.33. The maximum absolute atomic E-state index is 11.0. The van der Waals surface area contributed by atoms with Gasteiger partial charge in [0.15, 0.2) is 0 Å². The summed E-state index contributed by atoms with van der Waals surface area (Å²) >= 11 is 0. The predicted molar refractivity (Wildman–Crippen MR) is 62.8 cm³/mol. The van der Waals surface area contributed by atoms with Crippen molar-refractivity contribution in [2.24, 2.45) is 0 Å². The molecule has 0 radical (unpaired) electrons. The van der Waals surface area contributed by atoms with Gasteiger partial charge < -0.3 is 9.84 Å². The molecule has 1 N–H and O–H groups in total. The van der Waals surface area contributed by atoms with Gasteiger partial charge in [-0.15, -0.1) is 0 Å². The Morgan fingerprint density at radius 1 is 1.61 bits per heavy atom. The van der Waals surface area contributed by atoms with Crippen molar-refractivity contribution in [3.63, 3.8) is 0 Å². The summed E-state index contributed by atoms with van der Waals surface area (Å²) < 4.78 is 5.46. The van der Waals surface area contributed by atoms with Crippen molar-refractivity contribution in [2.75, 3.05) is 0 Å². The first kappa shape index (κ1) is 13.9. The Morgan fingerprint density at radius 2 is 2.22 bits per heavy atom. The van der Waals surface area contributed by atoms with Gasteiger partial charge in [0.05, 0.1) is 4.92 Å². The van der Waals surface area contributed by atoms with Crippen LogP contribution in [0.4, 0.5) is 5.69 Å². The fourth-order valence-electron chi connectivity index (χ4n) is 1.11. The summed E-state index contributed by atoms with van der Waals surface area (Å²) in [5, 5.41) is 19.6. The molecule has 0 aliphatic rings. The number of ether oxygens (including phenoxy) is 1. The number of hydrogen-bond acceptors (Lipinski definition) is 5. The molecule has 1 heterocycles. The van der Waals surface area contributed by atoms with Crippen LogP contribution in [0.25, 0.3) is 0 Å². The third-order valence-corrected chi connectivity index (χ3v) is 2.50. The van der Waals surface area contributed by atoms with E-state index in [-0.39, 0.29) is 17.1 Å². The Balaban J connectivity index is 3.20. The van der Waals surface area contributed by atoms with Crippen LogP contribution in [-0.4, -0.2) is 26.6 Å². The van der Waals surface area contributed by atoms with Crippen LogP contribution in [0.5, 0.6) is 5.88 Å². The van der Waals surface area contributed by atoms with E-state index in [9.17, 15) is 14.9 Å². The average molecular weight is 254 g/mol. The van der Waals surface area contributed by atoms with Crippen LogP contribution in [-0.2, 0) is 0 Å². The number of aromatic carboxylic acids is 1. The van der Waals surface area contributed by atoms with E-state index in [4.69, 9.17) is 9.84 Å². The van der Waals surface area contributed by atoms with Crippen molar-refractivity contribution in [3.05, 3.63) is 27.9 Å². The molecule has 0 amide bonds. The summed E-state index contributed by atoms with van der Waals surface area (Å²) in [6.45, 7) is 5.44. The molecule has 1 rings (SSSR count). The van der Waals surface area contributed by atoms with Gasteiger partial charge in [0.1, 0.15) is 17.4 Å². The number of carboxylic acids is 1. The molecule has 1 aromatic rings. The second-order valence-electron chi connectivity index (χ2n) is 4.32. The van der Waals surface area contributed by atoms with E-state index in [0.29, 0.717) is 6.42 Å². The minimum absolute atomic E-state index is 0.111.